The SMILES string of the molecule is C[C@@H](NC(=O)OC(C)(C)C)c1cccc(-c2cc(COc3ccccc3CC(=O)OC(C)(C)C)cc(C3CCCCC3)c2)c1F. The lowest BCUT2D eigenvalue weighted by molar-refractivity contribution is -0.153. The molecule has 0 heterocycles. The summed E-state index contributed by atoms with van der Waals surface area (Å²) in [6.07, 6.45) is 5.30. The number of halogens is 1. The van der Waals surface area contributed by atoms with Crippen molar-refractivity contribution in [3.05, 3.63) is 88.7 Å². The number of amides is 1. The maximum absolute atomic E-state index is 16.2. The second kappa shape index (κ2) is 14.5. The van der Waals surface area contributed by atoms with Gasteiger partial charge in [0, 0.05) is 16.7 Å². The second-order valence-electron chi connectivity index (χ2n) is 14.0. The first-order chi connectivity index (χ1) is 21.2. The number of nitrogens with one attached hydrogen (secondary N) is 1. The molecule has 3 aromatic carbocycles. The van der Waals surface area contributed by atoms with Gasteiger partial charge in [0.15, 0.2) is 0 Å². The second-order valence-corrected chi connectivity index (χ2v) is 14.0. The molecule has 4 rings (SSSR count). The van der Waals surface area contributed by atoms with Gasteiger partial charge in [0.1, 0.15) is 29.4 Å². The average Bonchev–Trinajstić information content (AvgIpc) is 2.95. The van der Waals surface area contributed by atoms with Crippen LogP contribution in [0.2, 0.25) is 0 Å². The van der Waals surface area contributed by atoms with E-state index >= 15 is 4.39 Å². The number of rotatable bonds is 9. The van der Waals surface area contributed by atoms with E-state index in [9.17, 15) is 9.59 Å². The molecule has 1 saturated carbocycles. The van der Waals surface area contributed by atoms with E-state index in [1.165, 1.54) is 24.8 Å². The van der Waals surface area contributed by atoms with Crippen LogP contribution >= 0.6 is 0 Å². The molecular weight excluding hydrogens is 569 g/mol. The van der Waals surface area contributed by atoms with Gasteiger partial charge in [0.05, 0.1) is 12.5 Å². The largest absolute Gasteiger partial charge is 0.489 e. The molecular formula is C38H48FNO5. The van der Waals surface area contributed by atoms with E-state index in [1.807, 2.05) is 57.2 Å². The number of hydrogen-bond acceptors (Lipinski definition) is 5. The predicted molar refractivity (Wildman–Crippen MR) is 176 cm³/mol. The van der Waals surface area contributed by atoms with E-state index in [2.05, 4.69) is 17.4 Å². The van der Waals surface area contributed by atoms with Crippen LogP contribution in [0, 0.1) is 5.82 Å². The maximum Gasteiger partial charge on any atom is 0.408 e. The summed E-state index contributed by atoms with van der Waals surface area (Å²) in [4.78, 5) is 25.0. The maximum atomic E-state index is 16.2. The van der Waals surface area contributed by atoms with Crippen molar-refractivity contribution in [2.45, 2.75) is 117 Å². The first-order valence-corrected chi connectivity index (χ1v) is 16.0. The van der Waals surface area contributed by atoms with E-state index in [-0.39, 0.29) is 24.8 Å². The number of para-hydroxylation sites is 1. The van der Waals surface area contributed by atoms with Crippen LogP contribution < -0.4 is 10.1 Å². The standard InChI is InChI=1S/C38H48FNO5/c1-25(40-36(42)45-38(5,6)7)31-17-13-18-32(35(31)39)30-21-26(20-29(22-30)27-14-9-8-10-15-27)24-43-33-19-12-11-16-28(33)23-34(41)44-37(2,3)4/h11-13,16-22,25,27H,8-10,14-15,23-24H2,1-7H3,(H,40,42)/t25-/m1/s1. The molecule has 0 unspecified atom stereocenters. The molecule has 7 heteroatoms. The van der Waals surface area contributed by atoms with Crippen LogP contribution in [0.5, 0.6) is 5.75 Å². The first-order valence-electron chi connectivity index (χ1n) is 16.0. The minimum absolute atomic E-state index is 0.105. The highest BCUT2D eigenvalue weighted by molar-refractivity contribution is 5.74. The number of alkyl carbamates (subject to hydrolysis) is 1. The van der Waals surface area contributed by atoms with Crippen molar-refractivity contribution in [1.82, 2.24) is 5.32 Å². The van der Waals surface area contributed by atoms with Crippen LogP contribution in [0.15, 0.2) is 60.7 Å². The van der Waals surface area contributed by atoms with Crippen LogP contribution in [0.4, 0.5) is 9.18 Å². The Morgan fingerprint density at radius 2 is 1.58 bits per heavy atom. The average molecular weight is 618 g/mol. The summed E-state index contributed by atoms with van der Waals surface area (Å²) >= 11 is 0. The van der Waals surface area contributed by atoms with Crippen molar-refractivity contribution < 1.29 is 28.2 Å². The molecule has 0 radical (unpaired) electrons. The van der Waals surface area contributed by atoms with Crippen LogP contribution in [0.3, 0.4) is 0 Å². The molecule has 0 bridgehead atoms. The highest BCUT2D eigenvalue weighted by atomic mass is 19.1. The zero-order valence-corrected chi connectivity index (χ0v) is 27.8. The smallest absolute Gasteiger partial charge is 0.408 e. The zero-order valence-electron chi connectivity index (χ0n) is 27.8. The Bertz CT molecular complexity index is 1480. The molecule has 0 aliphatic heterocycles. The summed E-state index contributed by atoms with van der Waals surface area (Å²) in [5.74, 6) is 0.321. The topological polar surface area (TPSA) is 73.9 Å². The fourth-order valence-electron chi connectivity index (χ4n) is 5.78. The van der Waals surface area contributed by atoms with Gasteiger partial charge in [-0.1, -0.05) is 67.8 Å². The zero-order chi connectivity index (χ0) is 32.8. The summed E-state index contributed by atoms with van der Waals surface area (Å²) in [6.45, 7) is 12.9. The van der Waals surface area contributed by atoms with E-state index in [0.717, 1.165) is 29.5 Å². The molecule has 1 N–H and O–H groups in total. The first kappa shape index (κ1) is 34.0. The lowest BCUT2D eigenvalue weighted by Crippen LogP contribution is -2.34. The van der Waals surface area contributed by atoms with Gasteiger partial charge < -0.3 is 19.5 Å². The fraction of sp³-hybridized carbons (Fsp3) is 0.474. The van der Waals surface area contributed by atoms with Gasteiger partial charge in [-0.15, -0.1) is 0 Å². The Labute approximate surface area is 267 Å². The third-order valence-corrected chi connectivity index (χ3v) is 7.75. The summed E-state index contributed by atoms with van der Waals surface area (Å²) in [6, 6.07) is 18.4. The van der Waals surface area contributed by atoms with Crippen molar-refractivity contribution >= 4 is 12.1 Å². The molecule has 0 saturated heterocycles. The van der Waals surface area contributed by atoms with Crippen molar-refractivity contribution in [2.24, 2.45) is 0 Å². The monoisotopic (exact) mass is 617 g/mol. The van der Waals surface area contributed by atoms with Gasteiger partial charge in [-0.25, -0.2) is 9.18 Å². The van der Waals surface area contributed by atoms with E-state index in [0.29, 0.717) is 22.8 Å². The molecule has 1 aliphatic rings. The molecule has 1 fully saturated rings. The lowest BCUT2D eigenvalue weighted by atomic mass is 9.82. The molecule has 1 atom stereocenters. The molecule has 6 nitrogen and oxygen atoms in total. The highest BCUT2D eigenvalue weighted by Crippen LogP contribution is 2.37. The third kappa shape index (κ3) is 10.1. The number of esters is 1. The molecule has 1 amide bonds. The molecule has 1 aliphatic carbocycles. The quantitative estimate of drug-likeness (QED) is 0.242. The number of ether oxygens (including phenoxy) is 3. The molecule has 0 aromatic heterocycles. The highest BCUT2D eigenvalue weighted by Gasteiger charge is 2.23. The van der Waals surface area contributed by atoms with Crippen LogP contribution in [0.1, 0.15) is 115 Å². The van der Waals surface area contributed by atoms with Crippen LogP contribution in [-0.2, 0) is 27.3 Å². The van der Waals surface area contributed by atoms with Gasteiger partial charge >= 0.3 is 12.1 Å². The van der Waals surface area contributed by atoms with E-state index in [1.54, 1.807) is 39.8 Å². The van der Waals surface area contributed by atoms with Gasteiger partial charge in [-0.3, -0.25) is 4.79 Å². The van der Waals surface area contributed by atoms with Crippen LogP contribution in [-0.4, -0.2) is 23.3 Å². The Hall–Kier alpha value is -3.87. The van der Waals surface area contributed by atoms with Crippen LogP contribution in [0.25, 0.3) is 11.1 Å². The summed E-state index contributed by atoms with van der Waals surface area (Å²) in [5, 5.41) is 2.76. The van der Waals surface area contributed by atoms with Gasteiger partial charge in [-0.05, 0) is 96.0 Å². The van der Waals surface area contributed by atoms with Crippen molar-refractivity contribution in [3.8, 4) is 16.9 Å². The predicted octanol–water partition coefficient (Wildman–Crippen LogP) is 9.59. The molecule has 3 aromatic rings. The van der Waals surface area contributed by atoms with Gasteiger partial charge in [0.2, 0.25) is 0 Å². The number of carbonyl (C=O) groups is 2. The number of carbonyl (C=O) groups excluding carboxylic acids is 2. The van der Waals surface area contributed by atoms with E-state index in [4.69, 9.17) is 14.2 Å². The van der Waals surface area contributed by atoms with Gasteiger partial charge in [-0.2, -0.15) is 0 Å². The number of benzene rings is 3. The fourth-order valence-corrected chi connectivity index (χ4v) is 5.78. The lowest BCUT2D eigenvalue weighted by Gasteiger charge is -2.24. The third-order valence-electron chi connectivity index (χ3n) is 7.75. The summed E-state index contributed by atoms with van der Waals surface area (Å²) in [5.41, 5.74) is 3.24. The summed E-state index contributed by atoms with van der Waals surface area (Å²) in [7, 11) is 0. The van der Waals surface area contributed by atoms with E-state index < -0.39 is 23.3 Å². The minimum Gasteiger partial charge on any atom is -0.489 e. The minimum atomic E-state index is -0.654. The Kier molecular flexibility index (Phi) is 10.9. The van der Waals surface area contributed by atoms with Gasteiger partial charge in [0.25, 0.3) is 0 Å². The van der Waals surface area contributed by atoms with Crippen molar-refractivity contribution in [2.75, 3.05) is 0 Å². The normalized spacial score (nSPS) is 14.8. The Balaban J connectivity index is 1.62. The van der Waals surface area contributed by atoms with Crippen molar-refractivity contribution in [1.29, 1.82) is 0 Å². The molecule has 242 valence electrons. The Morgan fingerprint density at radius 3 is 2.27 bits per heavy atom. The molecule has 0 spiro atoms. The van der Waals surface area contributed by atoms with Crippen molar-refractivity contribution in [3.63, 3.8) is 0 Å². The molecule has 45 heavy (non-hydrogen) atoms. The summed E-state index contributed by atoms with van der Waals surface area (Å²) < 4.78 is 33.4. The number of hydrogen-bond donors (Lipinski definition) is 1. The Morgan fingerprint density at radius 1 is 0.889 bits per heavy atom.